The zero-order chi connectivity index (χ0) is 15.0. The number of ether oxygens (including phenoxy) is 1. The average molecular weight is 277 g/mol. The smallest absolute Gasteiger partial charge is 0.188 e. The number of guanidine groups is 1. The Labute approximate surface area is 122 Å². The summed E-state index contributed by atoms with van der Waals surface area (Å²) >= 11 is 0. The van der Waals surface area contributed by atoms with Gasteiger partial charge in [-0.15, -0.1) is 0 Å². The highest BCUT2D eigenvalue weighted by Gasteiger charge is 2.09. The van der Waals surface area contributed by atoms with Gasteiger partial charge in [0.2, 0.25) is 0 Å². The van der Waals surface area contributed by atoms with E-state index >= 15 is 0 Å². The van der Waals surface area contributed by atoms with Crippen molar-refractivity contribution in [3.05, 3.63) is 29.8 Å². The molecule has 0 saturated heterocycles. The van der Waals surface area contributed by atoms with Gasteiger partial charge in [0.25, 0.3) is 0 Å². The van der Waals surface area contributed by atoms with Crippen LogP contribution < -0.4 is 15.8 Å². The fourth-order valence-electron chi connectivity index (χ4n) is 1.86. The zero-order valence-corrected chi connectivity index (χ0v) is 13.1. The van der Waals surface area contributed by atoms with Crippen LogP contribution in [-0.4, -0.2) is 25.2 Å². The molecule has 0 atom stereocenters. The van der Waals surface area contributed by atoms with E-state index in [0.717, 1.165) is 31.6 Å². The van der Waals surface area contributed by atoms with E-state index in [4.69, 9.17) is 10.5 Å². The van der Waals surface area contributed by atoms with Crippen LogP contribution in [0, 0.1) is 0 Å². The maximum absolute atomic E-state index is 5.81. The minimum atomic E-state index is -0.0311. The lowest BCUT2D eigenvalue weighted by Crippen LogP contribution is -2.45. The summed E-state index contributed by atoms with van der Waals surface area (Å²) in [5, 5.41) is 3.15. The minimum absolute atomic E-state index is 0.0311. The summed E-state index contributed by atoms with van der Waals surface area (Å²) in [6.45, 7) is 6.97. The molecule has 1 aromatic rings. The molecule has 0 spiro atoms. The van der Waals surface area contributed by atoms with Crippen molar-refractivity contribution in [3.63, 3.8) is 0 Å². The number of hydrogen-bond acceptors (Lipinski definition) is 2. The molecule has 0 unspecified atom stereocenters. The number of benzene rings is 1. The molecule has 0 aliphatic heterocycles. The second kappa shape index (κ2) is 7.78. The Kier molecular flexibility index (Phi) is 6.36. The predicted octanol–water partition coefficient (Wildman–Crippen LogP) is 2.72. The molecule has 0 aliphatic rings. The van der Waals surface area contributed by atoms with Crippen molar-refractivity contribution in [2.45, 2.75) is 45.6 Å². The fraction of sp³-hybridized carbons (Fsp3) is 0.562. The van der Waals surface area contributed by atoms with Gasteiger partial charge < -0.3 is 15.8 Å². The topological polar surface area (TPSA) is 59.6 Å². The van der Waals surface area contributed by atoms with E-state index in [2.05, 4.69) is 43.2 Å². The summed E-state index contributed by atoms with van der Waals surface area (Å²) in [7, 11) is 1.68. The molecule has 0 aliphatic carbocycles. The van der Waals surface area contributed by atoms with Crippen molar-refractivity contribution in [2.75, 3.05) is 13.7 Å². The third-order valence-corrected chi connectivity index (χ3v) is 2.82. The van der Waals surface area contributed by atoms with Gasteiger partial charge in [-0.1, -0.05) is 12.1 Å². The highest BCUT2D eigenvalue weighted by molar-refractivity contribution is 5.78. The van der Waals surface area contributed by atoms with Crippen molar-refractivity contribution >= 4 is 5.96 Å². The average Bonchev–Trinajstić information content (AvgIpc) is 2.37. The molecule has 20 heavy (non-hydrogen) atoms. The lowest BCUT2D eigenvalue weighted by atomic mass is 10.1. The fourth-order valence-corrected chi connectivity index (χ4v) is 1.86. The number of nitrogens with zero attached hydrogens (tertiary/aromatic N) is 1. The van der Waals surface area contributed by atoms with E-state index in [1.54, 1.807) is 7.11 Å². The molecule has 1 aromatic carbocycles. The van der Waals surface area contributed by atoms with Gasteiger partial charge in [0, 0.05) is 12.1 Å². The van der Waals surface area contributed by atoms with Crippen molar-refractivity contribution in [1.29, 1.82) is 0 Å². The molecule has 0 fully saturated rings. The highest BCUT2D eigenvalue weighted by atomic mass is 16.5. The predicted molar refractivity (Wildman–Crippen MR) is 85.3 cm³/mol. The van der Waals surface area contributed by atoms with Crippen molar-refractivity contribution in [3.8, 4) is 5.75 Å². The molecular weight excluding hydrogens is 250 g/mol. The number of nitrogens with one attached hydrogen (secondary N) is 1. The maximum Gasteiger partial charge on any atom is 0.188 e. The Balaban J connectivity index is 2.22. The van der Waals surface area contributed by atoms with E-state index in [1.165, 1.54) is 5.56 Å². The number of aliphatic imine (C=N–C) groups is 1. The van der Waals surface area contributed by atoms with Gasteiger partial charge in [0.15, 0.2) is 5.96 Å². The van der Waals surface area contributed by atoms with Crippen LogP contribution in [0.3, 0.4) is 0 Å². The van der Waals surface area contributed by atoms with E-state index in [-0.39, 0.29) is 5.54 Å². The number of aryl methyl sites for hydroxylation is 1. The van der Waals surface area contributed by atoms with Crippen LogP contribution in [0.5, 0.6) is 5.75 Å². The molecule has 3 N–H and O–H groups in total. The molecule has 4 nitrogen and oxygen atoms in total. The van der Waals surface area contributed by atoms with E-state index < -0.39 is 0 Å². The summed E-state index contributed by atoms with van der Waals surface area (Å²) < 4.78 is 5.14. The van der Waals surface area contributed by atoms with Crippen LogP contribution in [0.15, 0.2) is 29.3 Å². The number of methoxy groups -OCH3 is 1. The largest absolute Gasteiger partial charge is 0.497 e. The summed E-state index contributed by atoms with van der Waals surface area (Å²) in [6, 6.07) is 8.21. The summed E-state index contributed by atoms with van der Waals surface area (Å²) in [5.41, 5.74) is 7.11. The van der Waals surface area contributed by atoms with E-state index in [9.17, 15) is 0 Å². The Hall–Kier alpha value is -1.71. The van der Waals surface area contributed by atoms with Crippen LogP contribution in [0.2, 0.25) is 0 Å². The van der Waals surface area contributed by atoms with E-state index in [0.29, 0.717) is 5.96 Å². The second-order valence-corrected chi connectivity index (χ2v) is 5.95. The first-order valence-corrected chi connectivity index (χ1v) is 7.12. The Morgan fingerprint density at radius 1 is 1.20 bits per heavy atom. The monoisotopic (exact) mass is 277 g/mol. The second-order valence-electron chi connectivity index (χ2n) is 5.95. The lowest BCUT2D eigenvalue weighted by Gasteiger charge is -2.20. The number of rotatable bonds is 6. The van der Waals surface area contributed by atoms with Gasteiger partial charge in [-0.25, -0.2) is 0 Å². The third kappa shape index (κ3) is 7.02. The van der Waals surface area contributed by atoms with Crippen LogP contribution >= 0.6 is 0 Å². The third-order valence-electron chi connectivity index (χ3n) is 2.82. The summed E-state index contributed by atoms with van der Waals surface area (Å²) in [5.74, 6) is 1.43. The van der Waals surface area contributed by atoms with Crippen molar-refractivity contribution < 1.29 is 4.74 Å². The van der Waals surface area contributed by atoms with Crippen LogP contribution in [-0.2, 0) is 6.42 Å². The molecule has 4 heteroatoms. The van der Waals surface area contributed by atoms with Crippen molar-refractivity contribution in [1.82, 2.24) is 5.32 Å². The normalized spacial score (nSPS) is 12.3. The first-order valence-electron chi connectivity index (χ1n) is 7.12. The standard InChI is InChI=1S/C16H27N3O/c1-16(2,3)19-15(17)18-12-6-5-7-13-8-10-14(20-4)11-9-13/h8-11H,5-7,12H2,1-4H3,(H3,17,18,19). The SMILES string of the molecule is COc1ccc(CCCCN=C(N)NC(C)(C)C)cc1. The zero-order valence-electron chi connectivity index (χ0n) is 13.1. The molecule has 1 rings (SSSR count). The first-order chi connectivity index (χ1) is 9.40. The Morgan fingerprint density at radius 3 is 2.40 bits per heavy atom. The molecule has 0 radical (unpaired) electrons. The van der Waals surface area contributed by atoms with Gasteiger partial charge >= 0.3 is 0 Å². The molecule has 0 saturated carbocycles. The molecular formula is C16H27N3O. The molecule has 0 amide bonds. The minimum Gasteiger partial charge on any atom is -0.497 e. The Morgan fingerprint density at radius 2 is 1.85 bits per heavy atom. The number of hydrogen-bond donors (Lipinski definition) is 2. The van der Waals surface area contributed by atoms with Crippen LogP contribution in [0.4, 0.5) is 0 Å². The molecule has 112 valence electrons. The summed E-state index contributed by atoms with van der Waals surface area (Å²) in [6.07, 6.45) is 3.21. The Bertz CT molecular complexity index is 418. The van der Waals surface area contributed by atoms with Gasteiger partial charge in [-0.3, -0.25) is 4.99 Å². The highest BCUT2D eigenvalue weighted by Crippen LogP contribution is 2.13. The van der Waals surface area contributed by atoms with E-state index in [1.807, 2.05) is 12.1 Å². The van der Waals surface area contributed by atoms with Crippen LogP contribution in [0.1, 0.15) is 39.2 Å². The first kappa shape index (κ1) is 16.3. The van der Waals surface area contributed by atoms with Crippen molar-refractivity contribution in [2.24, 2.45) is 10.7 Å². The van der Waals surface area contributed by atoms with Gasteiger partial charge in [-0.05, 0) is 57.7 Å². The summed E-state index contributed by atoms with van der Waals surface area (Å²) in [4.78, 5) is 4.33. The van der Waals surface area contributed by atoms with Gasteiger partial charge in [0.05, 0.1) is 7.11 Å². The van der Waals surface area contributed by atoms with Crippen LogP contribution in [0.25, 0.3) is 0 Å². The number of unbranched alkanes of at least 4 members (excludes halogenated alkanes) is 1. The molecule has 0 bridgehead atoms. The quantitative estimate of drug-likeness (QED) is 0.477. The van der Waals surface area contributed by atoms with Gasteiger partial charge in [0.1, 0.15) is 5.75 Å². The molecule has 0 aromatic heterocycles. The number of nitrogens with two attached hydrogens (primary N) is 1. The lowest BCUT2D eigenvalue weighted by molar-refractivity contribution is 0.414. The maximum atomic E-state index is 5.81. The molecule has 0 heterocycles. The van der Waals surface area contributed by atoms with Gasteiger partial charge in [-0.2, -0.15) is 0 Å².